The second-order valence-corrected chi connectivity index (χ2v) is 4.44. The molecule has 0 bridgehead atoms. The van der Waals surface area contributed by atoms with Crippen LogP contribution in [0.5, 0.6) is 0 Å². The highest BCUT2D eigenvalue weighted by molar-refractivity contribution is 5.86. The van der Waals surface area contributed by atoms with Crippen LogP contribution in [0.25, 0.3) is 10.9 Å². The number of fused-ring (bicyclic) bond motifs is 1. The fourth-order valence-electron chi connectivity index (χ4n) is 2.17. The summed E-state index contributed by atoms with van der Waals surface area (Å²) in [5, 5.41) is 8.77. The number of nitrogens with zero attached hydrogens (tertiary/aromatic N) is 1. The van der Waals surface area contributed by atoms with E-state index in [0.29, 0.717) is 5.92 Å². The summed E-state index contributed by atoms with van der Waals surface area (Å²) in [5.74, 6) is 0.690. The van der Waals surface area contributed by atoms with E-state index in [2.05, 4.69) is 16.3 Å². The Labute approximate surface area is 88.7 Å². The topological polar surface area (TPSA) is 54.7 Å². The first-order valence-corrected chi connectivity index (χ1v) is 5.50. The van der Waals surface area contributed by atoms with Gasteiger partial charge in [0.05, 0.1) is 5.52 Å². The summed E-state index contributed by atoms with van der Waals surface area (Å²) in [5.41, 5.74) is 9.54. The summed E-state index contributed by atoms with van der Waals surface area (Å²) < 4.78 is 0. The molecule has 1 aromatic carbocycles. The van der Waals surface area contributed by atoms with Gasteiger partial charge in [-0.2, -0.15) is 5.10 Å². The molecule has 3 nitrogen and oxygen atoms in total. The first kappa shape index (κ1) is 8.92. The van der Waals surface area contributed by atoms with Crippen molar-refractivity contribution in [2.45, 2.75) is 31.7 Å². The van der Waals surface area contributed by atoms with Crippen molar-refractivity contribution in [3.05, 3.63) is 29.5 Å². The Bertz CT molecular complexity index is 495. The monoisotopic (exact) mass is 201 g/mol. The van der Waals surface area contributed by atoms with Crippen molar-refractivity contribution < 1.29 is 0 Å². The quantitative estimate of drug-likeness (QED) is 0.784. The lowest BCUT2D eigenvalue weighted by Gasteiger charge is -2.07. The maximum absolute atomic E-state index is 5.99. The van der Waals surface area contributed by atoms with E-state index in [9.17, 15) is 0 Å². The predicted octanol–water partition coefficient (Wildman–Crippen LogP) is 2.46. The van der Waals surface area contributed by atoms with Crippen LogP contribution in [0.3, 0.4) is 0 Å². The maximum atomic E-state index is 5.99. The molecule has 1 fully saturated rings. The van der Waals surface area contributed by atoms with Crippen LogP contribution in [-0.2, 0) is 0 Å². The third-order valence-electron chi connectivity index (χ3n) is 3.12. The first-order chi connectivity index (χ1) is 7.27. The minimum Gasteiger partial charge on any atom is -0.324 e. The Kier molecular flexibility index (Phi) is 1.83. The average molecular weight is 201 g/mol. The van der Waals surface area contributed by atoms with Crippen molar-refractivity contribution in [2.24, 2.45) is 5.73 Å². The van der Waals surface area contributed by atoms with Crippen LogP contribution >= 0.6 is 0 Å². The van der Waals surface area contributed by atoms with E-state index in [-0.39, 0.29) is 6.04 Å². The average Bonchev–Trinajstić information content (AvgIpc) is 2.97. The van der Waals surface area contributed by atoms with Crippen LogP contribution < -0.4 is 5.73 Å². The Hall–Kier alpha value is -1.35. The van der Waals surface area contributed by atoms with Gasteiger partial charge in [-0.1, -0.05) is 12.1 Å². The Morgan fingerprint density at radius 2 is 2.27 bits per heavy atom. The lowest BCUT2D eigenvalue weighted by atomic mass is 10.0. The molecule has 1 aliphatic carbocycles. The number of rotatable bonds is 2. The number of nitrogens with one attached hydrogen (secondary N) is 1. The van der Waals surface area contributed by atoms with Crippen LogP contribution in [0.15, 0.2) is 18.2 Å². The van der Waals surface area contributed by atoms with Gasteiger partial charge in [-0.15, -0.1) is 0 Å². The number of benzene rings is 1. The van der Waals surface area contributed by atoms with Crippen LogP contribution in [0.4, 0.5) is 0 Å². The highest BCUT2D eigenvalue weighted by Gasteiger charge is 2.28. The zero-order valence-electron chi connectivity index (χ0n) is 8.83. The zero-order valence-corrected chi connectivity index (χ0v) is 8.83. The van der Waals surface area contributed by atoms with E-state index in [1.807, 2.05) is 19.1 Å². The molecule has 0 amide bonds. The molecule has 0 spiro atoms. The van der Waals surface area contributed by atoms with Gasteiger partial charge < -0.3 is 5.73 Å². The Balaban J connectivity index is 2.28. The Morgan fingerprint density at radius 3 is 2.93 bits per heavy atom. The van der Waals surface area contributed by atoms with Gasteiger partial charge in [0.15, 0.2) is 0 Å². The maximum Gasteiger partial charge on any atom is 0.0927 e. The molecule has 3 rings (SSSR count). The lowest BCUT2D eigenvalue weighted by molar-refractivity contribution is 0.825. The number of nitrogens with two attached hydrogens (primary N) is 1. The number of aromatic nitrogens is 2. The third kappa shape index (κ3) is 1.35. The van der Waals surface area contributed by atoms with Gasteiger partial charge in [-0.3, -0.25) is 5.10 Å². The molecule has 0 saturated heterocycles. The first-order valence-electron chi connectivity index (χ1n) is 5.50. The molecule has 3 N–H and O–H groups in total. The molecule has 2 aromatic rings. The molecule has 15 heavy (non-hydrogen) atoms. The molecule has 1 heterocycles. The summed E-state index contributed by atoms with van der Waals surface area (Å²) in [6, 6.07) is 6.25. The zero-order chi connectivity index (χ0) is 10.4. The van der Waals surface area contributed by atoms with Crippen LogP contribution in [-0.4, -0.2) is 10.2 Å². The van der Waals surface area contributed by atoms with E-state index in [0.717, 1.165) is 5.52 Å². The molecule has 1 aliphatic rings. The Morgan fingerprint density at radius 1 is 1.47 bits per heavy atom. The van der Waals surface area contributed by atoms with Crippen molar-refractivity contribution in [2.75, 3.05) is 0 Å². The molecule has 1 aromatic heterocycles. The van der Waals surface area contributed by atoms with E-state index in [4.69, 9.17) is 5.73 Å². The van der Waals surface area contributed by atoms with E-state index in [1.54, 1.807) is 0 Å². The molecule has 1 unspecified atom stereocenters. The van der Waals surface area contributed by atoms with Gasteiger partial charge in [0.2, 0.25) is 0 Å². The van der Waals surface area contributed by atoms with Crippen LogP contribution in [0, 0.1) is 0 Å². The second kappa shape index (κ2) is 3.07. The molecule has 78 valence electrons. The summed E-state index contributed by atoms with van der Waals surface area (Å²) in [4.78, 5) is 0. The minimum atomic E-state index is 0.0730. The van der Waals surface area contributed by atoms with Crippen molar-refractivity contribution in [3.63, 3.8) is 0 Å². The number of H-pyrrole nitrogens is 1. The molecular weight excluding hydrogens is 186 g/mol. The number of hydrogen-bond acceptors (Lipinski definition) is 2. The van der Waals surface area contributed by atoms with Gasteiger partial charge in [0, 0.05) is 23.0 Å². The van der Waals surface area contributed by atoms with Crippen molar-refractivity contribution in [1.82, 2.24) is 10.2 Å². The molecule has 0 aliphatic heterocycles. The van der Waals surface area contributed by atoms with Gasteiger partial charge in [-0.25, -0.2) is 0 Å². The van der Waals surface area contributed by atoms with E-state index >= 15 is 0 Å². The summed E-state index contributed by atoms with van der Waals surface area (Å²) in [6.07, 6.45) is 2.56. The second-order valence-electron chi connectivity index (χ2n) is 4.44. The van der Waals surface area contributed by atoms with Crippen molar-refractivity contribution in [1.29, 1.82) is 0 Å². The van der Waals surface area contributed by atoms with Crippen molar-refractivity contribution >= 4 is 10.9 Å². The molecule has 1 atom stereocenters. The van der Waals surface area contributed by atoms with Crippen LogP contribution in [0.1, 0.15) is 43.0 Å². The SMILES string of the molecule is CC(N)c1cccc2n[nH]c(C3CC3)c12. The standard InChI is InChI=1S/C12H15N3/c1-7(13)9-3-2-4-10-11(9)12(15-14-10)8-5-6-8/h2-4,7-8H,5-6,13H2,1H3,(H,14,15). The molecule has 3 heteroatoms. The largest absolute Gasteiger partial charge is 0.324 e. The minimum absolute atomic E-state index is 0.0730. The highest BCUT2D eigenvalue weighted by atomic mass is 15.1. The van der Waals surface area contributed by atoms with Gasteiger partial charge >= 0.3 is 0 Å². The summed E-state index contributed by atoms with van der Waals surface area (Å²) in [7, 11) is 0. The molecular formula is C12H15N3. The normalized spacial score (nSPS) is 18.3. The van der Waals surface area contributed by atoms with Gasteiger partial charge in [0.25, 0.3) is 0 Å². The predicted molar refractivity (Wildman–Crippen MR) is 60.7 cm³/mol. The van der Waals surface area contributed by atoms with E-state index in [1.165, 1.54) is 29.5 Å². The summed E-state index contributed by atoms with van der Waals surface area (Å²) >= 11 is 0. The number of hydrogen-bond donors (Lipinski definition) is 2. The van der Waals surface area contributed by atoms with Gasteiger partial charge in [-0.05, 0) is 31.4 Å². The third-order valence-corrected chi connectivity index (χ3v) is 3.12. The fraction of sp³-hybridized carbons (Fsp3) is 0.417. The van der Waals surface area contributed by atoms with E-state index < -0.39 is 0 Å². The van der Waals surface area contributed by atoms with Gasteiger partial charge in [0.1, 0.15) is 0 Å². The fourth-order valence-corrected chi connectivity index (χ4v) is 2.17. The summed E-state index contributed by atoms with van der Waals surface area (Å²) in [6.45, 7) is 2.03. The number of aromatic amines is 1. The molecule has 1 saturated carbocycles. The highest BCUT2D eigenvalue weighted by Crippen LogP contribution is 2.43. The lowest BCUT2D eigenvalue weighted by Crippen LogP contribution is -2.05. The van der Waals surface area contributed by atoms with Crippen molar-refractivity contribution in [3.8, 4) is 0 Å². The smallest absolute Gasteiger partial charge is 0.0927 e. The molecule has 0 radical (unpaired) electrons. The van der Waals surface area contributed by atoms with Crippen LogP contribution in [0.2, 0.25) is 0 Å².